The molecule has 0 aliphatic carbocycles. The second-order valence-electron chi connectivity index (χ2n) is 4.74. The van der Waals surface area contributed by atoms with E-state index in [0.29, 0.717) is 45.5 Å². The number of hydrogen-bond donors (Lipinski definition) is 2. The number of ether oxygens (including phenoxy) is 1. The van der Waals surface area contributed by atoms with Gasteiger partial charge in [-0.15, -0.1) is 0 Å². The second-order valence-corrected chi connectivity index (χ2v) is 4.74. The molecular formula is C13H22N2O5. The molecule has 0 aromatic carbocycles. The number of carbonyl (C=O) groups is 3. The van der Waals surface area contributed by atoms with Gasteiger partial charge in [-0.3, -0.25) is 9.59 Å². The number of rotatable bonds is 6. The topological polar surface area (TPSA) is 95.9 Å². The van der Waals surface area contributed by atoms with Crippen LogP contribution < -0.4 is 5.32 Å². The van der Waals surface area contributed by atoms with E-state index < -0.39 is 5.97 Å². The summed E-state index contributed by atoms with van der Waals surface area (Å²) < 4.78 is 4.97. The molecule has 1 heterocycles. The first-order valence-corrected chi connectivity index (χ1v) is 6.95. The molecule has 0 unspecified atom stereocenters. The van der Waals surface area contributed by atoms with Crippen LogP contribution in [-0.4, -0.2) is 54.2 Å². The number of nitrogens with one attached hydrogen (secondary N) is 1. The molecule has 2 amide bonds. The molecule has 1 rings (SSSR count). The van der Waals surface area contributed by atoms with E-state index >= 15 is 0 Å². The summed E-state index contributed by atoms with van der Waals surface area (Å²) in [5, 5.41) is 11.2. The van der Waals surface area contributed by atoms with Crippen LogP contribution in [0.2, 0.25) is 0 Å². The first-order valence-electron chi connectivity index (χ1n) is 6.95. The highest BCUT2D eigenvalue weighted by Crippen LogP contribution is 2.18. The van der Waals surface area contributed by atoms with Gasteiger partial charge in [-0.25, -0.2) is 4.79 Å². The van der Waals surface area contributed by atoms with E-state index in [1.54, 1.807) is 11.8 Å². The molecule has 0 aromatic rings. The largest absolute Gasteiger partial charge is 0.481 e. The van der Waals surface area contributed by atoms with Crippen molar-refractivity contribution in [3.8, 4) is 0 Å². The Morgan fingerprint density at radius 1 is 1.30 bits per heavy atom. The lowest BCUT2D eigenvalue weighted by Gasteiger charge is -2.30. The molecule has 0 bridgehead atoms. The lowest BCUT2D eigenvalue weighted by molar-refractivity contribution is -0.149. The normalized spacial score (nSPS) is 15.8. The van der Waals surface area contributed by atoms with E-state index in [-0.39, 0.29) is 24.3 Å². The Balaban J connectivity index is 2.22. The fraction of sp³-hybridized carbons (Fsp3) is 0.769. The highest BCUT2D eigenvalue weighted by atomic mass is 16.5. The fourth-order valence-corrected chi connectivity index (χ4v) is 2.13. The van der Waals surface area contributed by atoms with Crippen molar-refractivity contribution in [1.29, 1.82) is 0 Å². The van der Waals surface area contributed by atoms with Crippen molar-refractivity contribution in [2.75, 3.05) is 26.2 Å². The quantitative estimate of drug-likeness (QED) is 0.557. The third-order valence-electron chi connectivity index (χ3n) is 3.25. The van der Waals surface area contributed by atoms with E-state index in [9.17, 15) is 14.4 Å². The first-order chi connectivity index (χ1) is 9.54. The molecule has 0 spiro atoms. The van der Waals surface area contributed by atoms with Gasteiger partial charge in [0.15, 0.2) is 0 Å². The minimum Gasteiger partial charge on any atom is -0.481 e. The zero-order valence-corrected chi connectivity index (χ0v) is 11.8. The van der Waals surface area contributed by atoms with Crippen LogP contribution in [0.4, 0.5) is 4.79 Å². The molecule has 7 nitrogen and oxygen atoms in total. The van der Waals surface area contributed by atoms with Gasteiger partial charge in [0.2, 0.25) is 0 Å². The maximum Gasteiger partial charge on any atom is 0.317 e. The Hall–Kier alpha value is -1.79. The van der Waals surface area contributed by atoms with Crippen molar-refractivity contribution < 1.29 is 24.2 Å². The van der Waals surface area contributed by atoms with Crippen LogP contribution in [0.1, 0.15) is 32.6 Å². The van der Waals surface area contributed by atoms with E-state index in [0.717, 1.165) is 0 Å². The zero-order chi connectivity index (χ0) is 15.0. The van der Waals surface area contributed by atoms with Gasteiger partial charge in [0.1, 0.15) is 0 Å². The fourth-order valence-electron chi connectivity index (χ4n) is 2.13. The molecule has 1 aliphatic heterocycles. The molecule has 1 aliphatic rings. The highest BCUT2D eigenvalue weighted by molar-refractivity contribution is 5.76. The van der Waals surface area contributed by atoms with Gasteiger partial charge in [0, 0.05) is 26.1 Å². The van der Waals surface area contributed by atoms with Crippen LogP contribution in [0.25, 0.3) is 0 Å². The lowest BCUT2D eigenvalue weighted by atomic mass is 9.97. The monoisotopic (exact) mass is 286 g/mol. The molecule has 0 atom stereocenters. The van der Waals surface area contributed by atoms with E-state index in [2.05, 4.69) is 5.32 Å². The SMILES string of the molecule is CCOC(=O)C1CCN(C(=O)NCCCC(=O)O)CC1. The number of carboxylic acids is 1. The first kappa shape index (κ1) is 16.3. The number of likely N-dealkylation sites (tertiary alicyclic amines) is 1. The summed E-state index contributed by atoms with van der Waals surface area (Å²) in [6.07, 6.45) is 1.69. The average Bonchev–Trinajstić information content (AvgIpc) is 2.43. The Bertz CT molecular complexity index is 351. The Kier molecular flexibility index (Phi) is 6.83. The lowest BCUT2D eigenvalue weighted by Crippen LogP contribution is -2.45. The summed E-state index contributed by atoms with van der Waals surface area (Å²) in [4.78, 5) is 35.3. The van der Waals surface area contributed by atoms with Gasteiger partial charge in [-0.05, 0) is 26.2 Å². The second kappa shape index (κ2) is 8.39. The standard InChI is InChI=1S/C13H22N2O5/c1-2-20-12(18)10-5-8-15(9-6-10)13(19)14-7-3-4-11(16)17/h10H,2-9H2,1H3,(H,14,19)(H,16,17). The minimum absolute atomic E-state index is 0.0468. The van der Waals surface area contributed by atoms with Crippen molar-refractivity contribution in [2.45, 2.75) is 32.6 Å². The van der Waals surface area contributed by atoms with Gasteiger partial charge in [0.25, 0.3) is 0 Å². The molecule has 0 radical (unpaired) electrons. The van der Waals surface area contributed by atoms with Crippen LogP contribution in [-0.2, 0) is 14.3 Å². The predicted molar refractivity (Wildman–Crippen MR) is 71.2 cm³/mol. The van der Waals surface area contributed by atoms with E-state index in [1.165, 1.54) is 0 Å². The molecule has 7 heteroatoms. The van der Waals surface area contributed by atoms with Crippen molar-refractivity contribution in [2.24, 2.45) is 5.92 Å². The summed E-state index contributed by atoms with van der Waals surface area (Å²) >= 11 is 0. The summed E-state index contributed by atoms with van der Waals surface area (Å²) in [5.74, 6) is -1.17. The Morgan fingerprint density at radius 2 is 1.95 bits per heavy atom. The van der Waals surface area contributed by atoms with Crippen LogP contribution in [0, 0.1) is 5.92 Å². The van der Waals surface area contributed by atoms with Crippen molar-refractivity contribution in [3.05, 3.63) is 0 Å². The molecule has 1 fully saturated rings. The van der Waals surface area contributed by atoms with Gasteiger partial charge in [-0.1, -0.05) is 0 Å². The summed E-state index contributed by atoms with van der Waals surface area (Å²) in [5.41, 5.74) is 0. The number of carboxylic acid groups (broad SMARTS) is 1. The predicted octanol–water partition coefficient (Wildman–Crippen LogP) is 0.836. The number of piperidine rings is 1. The number of urea groups is 1. The van der Waals surface area contributed by atoms with Gasteiger partial charge >= 0.3 is 18.0 Å². The van der Waals surface area contributed by atoms with Gasteiger partial charge < -0.3 is 20.1 Å². The third kappa shape index (κ3) is 5.46. The summed E-state index contributed by atoms with van der Waals surface area (Å²) in [6, 6.07) is -0.197. The minimum atomic E-state index is -0.866. The smallest absolute Gasteiger partial charge is 0.317 e. The van der Waals surface area contributed by atoms with Gasteiger partial charge in [0.05, 0.1) is 12.5 Å². The number of carbonyl (C=O) groups excluding carboxylic acids is 2. The number of esters is 1. The van der Waals surface area contributed by atoms with Crippen LogP contribution in [0.5, 0.6) is 0 Å². The molecule has 0 saturated carbocycles. The molecule has 114 valence electrons. The zero-order valence-electron chi connectivity index (χ0n) is 11.8. The Morgan fingerprint density at radius 3 is 2.50 bits per heavy atom. The third-order valence-corrected chi connectivity index (χ3v) is 3.25. The average molecular weight is 286 g/mol. The van der Waals surface area contributed by atoms with Crippen molar-refractivity contribution >= 4 is 18.0 Å². The maximum atomic E-state index is 11.8. The van der Waals surface area contributed by atoms with E-state index in [4.69, 9.17) is 9.84 Å². The van der Waals surface area contributed by atoms with E-state index in [1.807, 2.05) is 0 Å². The van der Waals surface area contributed by atoms with Crippen LogP contribution in [0.15, 0.2) is 0 Å². The molecular weight excluding hydrogens is 264 g/mol. The highest BCUT2D eigenvalue weighted by Gasteiger charge is 2.27. The molecule has 0 aromatic heterocycles. The number of aliphatic carboxylic acids is 1. The molecule has 1 saturated heterocycles. The van der Waals surface area contributed by atoms with Crippen molar-refractivity contribution in [3.63, 3.8) is 0 Å². The van der Waals surface area contributed by atoms with Crippen LogP contribution >= 0.6 is 0 Å². The number of nitrogens with zero attached hydrogens (tertiary/aromatic N) is 1. The van der Waals surface area contributed by atoms with Crippen LogP contribution in [0.3, 0.4) is 0 Å². The molecule has 20 heavy (non-hydrogen) atoms. The Labute approximate surface area is 118 Å². The number of amides is 2. The number of hydrogen-bond acceptors (Lipinski definition) is 4. The van der Waals surface area contributed by atoms with Crippen molar-refractivity contribution in [1.82, 2.24) is 10.2 Å². The summed E-state index contributed by atoms with van der Waals surface area (Å²) in [7, 11) is 0. The van der Waals surface area contributed by atoms with Gasteiger partial charge in [-0.2, -0.15) is 0 Å². The summed E-state index contributed by atoms with van der Waals surface area (Å²) in [6.45, 7) is 3.55. The maximum absolute atomic E-state index is 11.8. The molecule has 2 N–H and O–H groups in total.